The van der Waals surface area contributed by atoms with Crippen molar-refractivity contribution in [2.24, 2.45) is 0 Å². The molecule has 7 nitrogen and oxygen atoms in total. The summed E-state index contributed by atoms with van der Waals surface area (Å²) in [6, 6.07) is 31.6. The fraction of sp³-hybridized carbons (Fsp3) is 0.297. The van der Waals surface area contributed by atoms with Gasteiger partial charge < -0.3 is 10.2 Å². The largest absolute Gasteiger partial charge is 0.352 e. The first-order valence-electron chi connectivity index (χ1n) is 15.3. The molecule has 4 aromatic rings. The van der Waals surface area contributed by atoms with Gasteiger partial charge in [-0.1, -0.05) is 104 Å². The minimum Gasteiger partial charge on any atom is -0.352 e. The van der Waals surface area contributed by atoms with Gasteiger partial charge in [-0.15, -0.1) is 0 Å². The SMILES string of the molecule is Cc1ccc(CN(C(=O)CN(c2ccc(C(C)C)cc2)S(=O)(=O)c2ccccc2)[C@@H](Cc2ccccc2)C(=O)NC(C)C)cc1. The molecule has 0 aliphatic rings. The van der Waals surface area contributed by atoms with Gasteiger partial charge in [0.2, 0.25) is 11.8 Å². The quantitative estimate of drug-likeness (QED) is 0.184. The molecule has 4 rings (SSSR count). The van der Waals surface area contributed by atoms with Crippen molar-refractivity contribution in [3.05, 3.63) is 131 Å². The van der Waals surface area contributed by atoms with E-state index >= 15 is 0 Å². The number of hydrogen-bond donors (Lipinski definition) is 1. The fourth-order valence-corrected chi connectivity index (χ4v) is 6.53. The lowest BCUT2D eigenvalue weighted by Gasteiger charge is -2.34. The van der Waals surface area contributed by atoms with Crippen molar-refractivity contribution >= 4 is 27.5 Å². The Morgan fingerprint density at radius 1 is 0.733 bits per heavy atom. The summed E-state index contributed by atoms with van der Waals surface area (Å²) >= 11 is 0. The number of anilines is 1. The number of amides is 2. The van der Waals surface area contributed by atoms with E-state index in [9.17, 15) is 18.0 Å². The van der Waals surface area contributed by atoms with Crippen molar-refractivity contribution < 1.29 is 18.0 Å². The lowest BCUT2D eigenvalue weighted by Crippen LogP contribution is -2.54. The van der Waals surface area contributed by atoms with Gasteiger partial charge in [0, 0.05) is 19.0 Å². The van der Waals surface area contributed by atoms with Crippen LogP contribution in [0, 0.1) is 6.92 Å². The maximum atomic E-state index is 14.5. The van der Waals surface area contributed by atoms with Crippen molar-refractivity contribution in [2.75, 3.05) is 10.8 Å². The highest BCUT2D eigenvalue weighted by atomic mass is 32.2. The van der Waals surface area contributed by atoms with Crippen molar-refractivity contribution in [1.82, 2.24) is 10.2 Å². The minimum atomic E-state index is -4.13. The van der Waals surface area contributed by atoms with E-state index in [1.54, 1.807) is 30.3 Å². The highest BCUT2D eigenvalue weighted by Crippen LogP contribution is 2.27. The van der Waals surface area contributed by atoms with E-state index in [4.69, 9.17) is 0 Å². The maximum absolute atomic E-state index is 14.5. The number of sulfonamides is 1. The second-order valence-electron chi connectivity index (χ2n) is 11.9. The monoisotopic (exact) mass is 625 g/mol. The second kappa shape index (κ2) is 15.0. The molecule has 4 aromatic carbocycles. The van der Waals surface area contributed by atoms with Crippen LogP contribution < -0.4 is 9.62 Å². The van der Waals surface area contributed by atoms with Crippen LogP contribution in [0.3, 0.4) is 0 Å². The third kappa shape index (κ3) is 8.82. The Morgan fingerprint density at radius 3 is 1.87 bits per heavy atom. The van der Waals surface area contributed by atoms with Crippen LogP contribution in [0.15, 0.2) is 114 Å². The number of rotatable bonds is 13. The van der Waals surface area contributed by atoms with Gasteiger partial charge in [0.1, 0.15) is 12.6 Å². The molecule has 0 heterocycles. The molecule has 0 fully saturated rings. The van der Waals surface area contributed by atoms with E-state index in [0.717, 1.165) is 26.6 Å². The van der Waals surface area contributed by atoms with Crippen LogP contribution in [0.25, 0.3) is 0 Å². The number of hydrogen-bond acceptors (Lipinski definition) is 4. The molecule has 0 aliphatic carbocycles. The van der Waals surface area contributed by atoms with E-state index in [0.29, 0.717) is 5.69 Å². The van der Waals surface area contributed by atoms with Crippen LogP contribution in [0.5, 0.6) is 0 Å². The van der Waals surface area contributed by atoms with Gasteiger partial charge in [-0.3, -0.25) is 13.9 Å². The first kappa shape index (κ1) is 33.5. The number of nitrogens with one attached hydrogen (secondary N) is 1. The van der Waals surface area contributed by atoms with Crippen LogP contribution in [0.4, 0.5) is 5.69 Å². The molecule has 0 saturated heterocycles. The van der Waals surface area contributed by atoms with Gasteiger partial charge >= 0.3 is 0 Å². The molecule has 0 unspecified atom stereocenters. The topological polar surface area (TPSA) is 86.8 Å². The lowest BCUT2D eigenvalue weighted by atomic mass is 10.0. The molecular weight excluding hydrogens is 582 g/mol. The number of benzene rings is 4. The zero-order valence-electron chi connectivity index (χ0n) is 26.7. The third-order valence-corrected chi connectivity index (χ3v) is 9.42. The number of carbonyl (C=O) groups excluding carboxylic acids is 2. The van der Waals surface area contributed by atoms with E-state index in [1.807, 2.05) is 87.5 Å². The number of carbonyl (C=O) groups is 2. The Morgan fingerprint density at radius 2 is 1.31 bits per heavy atom. The normalized spacial score (nSPS) is 12.2. The summed E-state index contributed by atoms with van der Waals surface area (Å²) in [4.78, 5) is 29.9. The van der Waals surface area contributed by atoms with Crippen LogP contribution in [0.1, 0.15) is 55.9 Å². The summed E-state index contributed by atoms with van der Waals surface area (Å²) in [5, 5.41) is 2.99. The van der Waals surface area contributed by atoms with Crippen LogP contribution in [-0.2, 0) is 32.6 Å². The van der Waals surface area contributed by atoms with E-state index in [-0.39, 0.29) is 35.7 Å². The smallest absolute Gasteiger partial charge is 0.264 e. The average molecular weight is 626 g/mol. The van der Waals surface area contributed by atoms with Crippen molar-refractivity contribution in [3.8, 4) is 0 Å². The summed E-state index contributed by atoms with van der Waals surface area (Å²) in [6.07, 6.45) is 0.269. The average Bonchev–Trinajstić information content (AvgIpc) is 3.03. The summed E-state index contributed by atoms with van der Waals surface area (Å²) in [6.45, 7) is 9.51. The Labute approximate surface area is 268 Å². The highest BCUT2D eigenvalue weighted by Gasteiger charge is 2.34. The minimum absolute atomic E-state index is 0.0780. The predicted molar refractivity (Wildman–Crippen MR) is 180 cm³/mol. The lowest BCUT2D eigenvalue weighted by molar-refractivity contribution is -0.140. The first-order valence-corrected chi connectivity index (χ1v) is 16.8. The van der Waals surface area contributed by atoms with Crippen molar-refractivity contribution in [2.45, 2.75) is 70.5 Å². The van der Waals surface area contributed by atoms with Crippen LogP contribution in [-0.4, -0.2) is 43.8 Å². The van der Waals surface area contributed by atoms with Gasteiger partial charge in [-0.05, 0) is 67.6 Å². The Balaban J connectivity index is 1.80. The molecule has 1 atom stereocenters. The van der Waals surface area contributed by atoms with Crippen LogP contribution >= 0.6 is 0 Å². The molecule has 8 heteroatoms. The van der Waals surface area contributed by atoms with E-state index < -0.39 is 28.5 Å². The molecule has 1 N–H and O–H groups in total. The molecule has 0 aromatic heterocycles. The molecular formula is C37H43N3O4S. The maximum Gasteiger partial charge on any atom is 0.264 e. The van der Waals surface area contributed by atoms with E-state index in [2.05, 4.69) is 19.2 Å². The second-order valence-corrected chi connectivity index (χ2v) is 13.8. The summed E-state index contributed by atoms with van der Waals surface area (Å²) in [5.41, 5.74) is 4.22. The van der Waals surface area contributed by atoms with E-state index in [1.165, 1.54) is 17.0 Å². The molecule has 236 valence electrons. The molecule has 0 aliphatic heterocycles. The molecule has 0 radical (unpaired) electrons. The van der Waals surface area contributed by atoms with Gasteiger partial charge in [-0.2, -0.15) is 0 Å². The van der Waals surface area contributed by atoms with Crippen LogP contribution in [0.2, 0.25) is 0 Å². The summed E-state index contributed by atoms with van der Waals surface area (Å²) in [5.74, 6) is -0.529. The molecule has 45 heavy (non-hydrogen) atoms. The molecule has 2 amide bonds. The highest BCUT2D eigenvalue weighted by molar-refractivity contribution is 7.92. The molecule has 0 saturated carbocycles. The standard InChI is InChI=1S/C37H43N3O4S/c1-27(2)32-20-22-33(23-21-32)40(45(43,44)34-14-10-7-11-15-34)26-36(41)39(25-31-18-16-29(5)17-19-31)35(37(42)38-28(3)4)24-30-12-8-6-9-13-30/h6-23,27-28,35H,24-26H2,1-5H3,(H,38,42)/t35-/m0/s1. The zero-order valence-corrected chi connectivity index (χ0v) is 27.5. The number of nitrogens with zero attached hydrogens (tertiary/aromatic N) is 2. The van der Waals surface area contributed by atoms with Crippen molar-refractivity contribution in [3.63, 3.8) is 0 Å². The van der Waals surface area contributed by atoms with Crippen molar-refractivity contribution in [1.29, 1.82) is 0 Å². The van der Waals surface area contributed by atoms with Gasteiger partial charge in [0.25, 0.3) is 10.0 Å². The van der Waals surface area contributed by atoms with Gasteiger partial charge in [0.05, 0.1) is 10.6 Å². The first-order chi connectivity index (χ1) is 21.5. The third-order valence-electron chi connectivity index (χ3n) is 7.63. The van der Waals surface area contributed by atoms with Gasteiger partial charge in [-0.25, -0.2) is 8.42 Å². The Kier molecular flexibility index (Phi) is 11.2. The molecule has 0 spiro atoms. The number of aryl methyl sites for hydroxylation is 1. The Bertz CT molecular complexity index is 1650. The zero-order chi connectivity index (χ0) is 32.6. The fourth-order valence-electron chi connectivity index (χ4n) is 5.10. The summed E-state index contributed by atoms with van der Waals surface area (Å²) < 4.78 is 29.4. The predicted octanol–water partition coefficient (Wildman–Crippen LogP) is 6.48. The Hall–Kier alpha value is -4.43. The molecule has 0 bridgehead atoms. The van der Waals surface area contributed by atoms with Gasteiger partial charge in [0.15, 0.2) is 0 Å². The summed E-state index contributed by atoms with van der Waals surface area (Å²) in [7, 11) is -4.13.